The summed E-state index contributed by atoms with van der Waals surface area (Å²) >= 11 is 1.09. The maximum atomic E-state index is 12.6. The molecule has 0 bridgehead atoms. The molecule has 1 aromatic heterocycles. The molecule has 1 atom stereocenters. The molecule has 0 radical (unpaired) electrons. The van der Waals surface area contributed by atoms with Crippen LogP contribution in [-0.4, -0.2) is 35.5 Å². The Morgan fingerprint density at radius 2 is 1.86 bits per heavy atom. The number of anilines is 1. The third-order valence-corrected chi connectivity index (χ3v) is 6.94. The average Bonchev–Trinajstić information content (AvgIpc) is 3.03. The zero-order valence-corrected chi connectivity index (χ0v) is 16.7. The van der Waals surface area contributed by atoms with Crippen molar-refractivity contribution in [3.8, 4) is 5.75 Å². The van der Waals surface area contributed by atoms with Crippen molar-refractivity contribution < 1.29 is 17.9 Å². The molecule has 1 unspecified atom stereocenters. The highest BCUT2D eigenvalue weighted by molar-refractivity contribution is 7.99. The van der Waals surface area contributed by atoms with Crippen molar-refractivity contribution in [1.29, 1.82) is 0 Å². The van der Waals surface area contributed by atoms with Gasteiger partial charge in [-0.3, -0.25) is 0 Å². The summed E-state index contributed by atoms with van der Waals surface area (Å²) in [5, 5.41) is 0.512. The van der Waals surface area contributed by atoms with E-state index in [2.05, 4.69) is 19.6 Å². The van der Waals surface area contributed by atoms with Crippen LogP contribution in [0, 0.1) is 5.41 Å². The van der Waals surface area contributed by atoms with Gasteiger partial charge in [-0.2, -0.15) is 0 Å². The van der Waals surface area contributed by atoms with Crippen molar-refractivity contribution in [3.05, 3.63) is 36.7 Å². The van der Waals surface area contributed by atoms with Gasteiger partial charge < -0.3 is 15.4 Å². The molecule has 0 amide bonds. The minimum atomic E-state index is -4.74. The molecule has 1 aliphatic carbocycles. The highest BCUT2D eigenvalue weighted by Crippen LogP contribution is 2.46. The third kappa shape index (κ3) is 4.61. The van der Waals surface area contributed by atoms with E-state index in [1.165, 1.54) is 25.0 Å². The van der Waals surface area contributed by atoms with E-state index >= 15 is 0 Å². The van der Waals surface area contributed by atoms with Crippen molar-refractivity contribution in [3.63, 3.8) is 0 Å². The van der Waals surface area contributed by atoms with Crippen molar-refractivity contribution in [1.82, 2.24) is 9.97 Å². The minimum Gasteiger partial charge on any atom is -0.405 e. The number of aromatic nitrogens is 2. The summed E-state index contributed by atoms with van der Waals surface area (Å²) in [5.74, 6) is 0.542. The number of alkyl halides is 3. The Bertz CT molecular complexity index is 838. The Morgan fingerprint density at radius 1 is 1.10 bits per heavy atom. The van der Waals surface area contributed by atoms with E-state index < -0.39 is 6.36 Å². The first kappa shape index (κ1) is 20.3. The molecule has 4 rings (SSSR count). The van der Waals surface area contributed by atoms with Gasteiger partial charge in [0, 0.05) is 19.1 Å². The number of benzene rings is 1. The Labute approximate surface area is 171 Å². The van der Waals surface area contributed by atoms with Gasteiger partial charge in [-0.1, -0.05) is 30.3 Å². The van der Waals surface area contributed by atoms with Crippen LogP contribution in [0.1, 0.15) is 32.1 Å². The van der Waals surface area contributed by atoms with Crippen molar-refractivity contribution in [2.24, 2.45) is 11.1 Å². The molecule has 2 fully saturated rings. The molecule has 2 aliphatic rings. The van der Waals surface area contributed by atoms with Crippen LogP contribution in [0.2, 0.25) is 0 Å². The van der Waals surface area contributed by atoms with Crippen LogP contribution in [-0.2, 0) is 0 Å². The summed E-state index contributed by atoms with van der Waals surface area (Å²) in [6.07, 6.45) is 4.21. The van der Waals surface area contributed by atoms with Gasteiger partial charge in [-0.05, 0) is 43.2 Å². The van der Waals surface area contributed by atoms with Gasteiger partial charge in [-0.25, -0.2) is 9.97 Å². The summed E-state index contributed by atoms with van der Waals surface area (Å²) in [4.78, 5) is 11.4. The number of piperidine rings is 1. The molecule has 9 heteroatoms. The lowest BCUT2D eigenvalue weighted by Gasteiger charge is -2.42. The Hall–Kier alpha value is -2.00. The topological polar surface area (TPSA) is 64.3 Å². The number of hydrogen-bond donors (Lipinski definition) is 1. The van der Waals surface area contributed by atoms with Crippen molar-refractivity contribution in [2.45, 2.75) is 54.4 Å². The number of halogens is 3. The van der Waals surface area contributed by atoms with Crippen LogP contribution in [0.5, 0.6) is 5.75 Å². The first-order valence-corrected chi connectivity index (χ1v) is 10.5. The first-order valence-electron chi connectivity index (χ1n) is 9.70. The van der Waals surface area contributed by atoms with Crippen LogP contribution < -0.4 is 15.4 Å². The zero-order valence-electron chi connectivity index (χ0n) is 15.9. The summed E-state index contributed by atoms with van der Waals surface area (Å²) in [6, 6.07) is 6.31. The van der Waals surface area contributed by atoms with Gasteiger partial charge in [0.05, 0.1) is 17.3 Å². The number of nitrogens with two attached hydrogens (primary N) is 1. The minimum absolute atomic E-state index is 0.245. The number of rotatable bonds is 4. The second-order valence-electron chi connectivity index (χ2n) is 7.66. The summed E-state index contributed by atoms with van der Waals surface area (Å²) in [5.41, 5.74) is 6.62. The molecule has 1 saturated carbocycles. The maximum Gasteiger partial charge on any atom is 0.573 e. The monoisotopic (exact) mass is 424 g/mol. The molecule has 156 valence electrons. The third-order valence-electron chi connectivity index (χ3n) is 5.96. The summed E-state index contributed by atoms with van der Waals surface area (Å²) in [7, 11) is 0. The maximum absolute atomic E-state index is 12.6. The SMILES string of the molecule is NC1CCCC12CCN(c1cnc(Sc3ccccc3OC(F)(F)F)cn1)CC2. The molecule has 1 saturated heterocycles. The smallest absolute Gasteiger partial charge is 0.405 e. The fourth-order valence-electron chi connectivity index (χ4n) is 4.35. The Morgan fingerprint density at radius 3 is 2.48 bits per heavy atom. The highest BCUT2D eigenvalue weighted by atomic mass is 32.2. The van der Waals surface area contributed by atoms with Gasteiger partial charge in [-0.15, -0.1) is 13.2 Å². The van der Waals surface area contributed by atoms with Gasteiger partial charge >= 0.3 is 6.36 Å². The fraction of sp³-hybridized carbons (Fsp3) is 0.500. The molecule has 2 heterocycles. The lowest BCUT2D eigenvalue weighted by molar-refractivity contribution is -0.275. The standard InChI is InChI=1S/C20H23F3N4OS/c21-20(22,23)28-14-4-1-2-5-15(14)29-18-13-25-17(12-26-18)27-10-8-19(9-11-27)7-3-6-16(19)24/h1-2,4-5,12-13,16H,3,6-11,24H2. The molecule has 1 spiro atoms. The number of nitrogens with zero attached hydrogens (tertiary/aromatic N) is 3. The van der Waals surface area contributed by atoms with Gasteiger partial charge in [0.25, 0.3) is 0 Å². The zero-order chi connectivity index (χ0) is 20.5. The van der Waals surface area contributed by atoms with Gasteiger partial charge in [0.15, 0.2) is 0 Å². The lowest BCUT2D eigenvalue weighted by atomic mass is 9.74. The molecule has 5 nitrogen and oxygen atoms in total. The Kier molecular flexibility index (Phi) is 5.61. The van der Waals surface area contributed by atoms with E-state index in [4.69, 9.17) is 5.73 Å². The molecule has 2 N–H and O–H groups in total. The second-order valence-corrected chi connectivity index (χ2v) is 8.72. The van der Waals surface area contributed by atoms with Crippen LogP contribution >= 0.6 is 11.8 Å². The van der Waals surface area contributed by atoms with E-state index in [9.17, 15) is 13.2 Å². The molecular formula is C20H23F3N4OS. The normalized spacial score (nSPS) is 21.5. The second kappa shape index (κ2) is 8.02. The molecular weight excluding hydrogens is 401 g/mol. The van der Waals surface area contributed by atoms with E-state index in [0.29, 0.717) is 16.0 Å². The molecule has 29 heavy (non-hydrogen) atoms. The lowest BCUT2D eigenvalue weighted by Crippen LogP contribution is -2.47. The highest BCUT2D eigenvalue weighted by Gasteiger charge is 2.43. The van der Waals surface area contributed by atoms with Gasteiger partial charge in [0.1, 0.15) is 16.6 Å². The van der Waals surface area contributed by atoms with E-state index in [-0.39, 0.29) is 11.2 Å². The number of ether oxygens (including phenoxy) is 1. The van der Waals surface area contributed by atoms with Crippen molar-refractivity contribution >= 4 is 17.6 Å². The van der Waals surface area contributed by atoms with E-state index in [0.717, 1.165) is 49.9 Å². The Balaban J connectivity index is 1.41. The van der Waals surface area contributed by atoms with E-state index in [1.807, 2.05) is 0 Å². The summed E-state index contributed by atoms with van der Waals surface area (Å²) < 4.78 is 41.8. The van der Waals surface area contributed by atoms with Crippen LogP contribution in [0.3, 0.4) is 0 Å². The molecule has 1 aromatic carbocycles. The summed E-state index contributed by atoms with van der Waals surface area (Å²) in [6.45, 7) is 1.80. The predicted octanol–water partition coefficient (Wildman–Crippen LogP) is 4.62. The van der Waals surface area contributed by atoms with E-state index in [1.54, 1.807) is 24.5 Å². The van der Waals surface area contributed by atoms with Crippen LogP contribution in [0.25, 0.3) is 0 Å². The average molecular weight is 424 g/mol. The predicted molar refractivity (Wildman–Crippen MR) is 105 cm³/mol. The largest absolute Gasteiger partial charge is 0.573 e. The number of para-hydroxylation sites is 1. The molecule has 1 aliphatic heterocycles. The van der Waals surface area contributed by atoms with Crippen LogP contribution in [0.4, 0.5) is 19.0 Å². The first-order chi connectivity index (χ1) is 13.8. The quantitative estimate of drug-likeness (QED) is 0.773. The number of hydrogen-bond acceptors (Lipinski definition) is 6. The van der Waals surface area contributed by atoms with Crippen LogP contribution in [0.15, 0.2) is 46.6 Å². The molecule has 2 aromatic rings. The fourth-order valence-corrected chi connectivity index (χ4v) is 5.14. The van der Waals surface area contributed by atoms with Crippen molar-refractivity contribution in [2.75, 3.05) is 18.0 Å². The van der Waals surface area contributed by atoms with Gasteiger partial charge in [0.2, 0.25) is 0 Å².